The number of rotatable bonds is 5. The molecule has 1 amide bonds. The maximum absolute atomic E-state index is 12.4. The van der Waals surface area contributed by atoms with E-state index < -0.39 is 0 Å². The Hall–Kier alpha value is -2.86. The van der Waals surface area contributed by atoms with Gasteiger partial charge in [0, 0.05) is 27.9 Å². The fourth-order valence-electron chi connectivity index (χ4n) is 2.79. The number of hydrogen-bond donors (Lipinski definition) is 2. The highest BCUT2D eigenvalue weighted by atomic mass is 35.5. The number of thiazole rings is 1. The molecule has 0 unspecified atom stereocenters. The first-order chi connectivity index (χ1) is 14.5. The van der Waals surface area contributed by atoms with Gasteiger partial charge in [0.05, 0.1) is 15.7 Å². The van der Waals surface area contributed by atoms with Crippen LogP contribution in [0.4, 0.5) is 16.5 Å². The molecule has 0 spiro atoms. The van der Waals surface area contributed by atoms with Crippen LogP contribution in [0.2, 0.25) is 10.0 Å². The predicted octanol–water partition coefficient (Wildman–Crippen LogP) is 7.42. The Morgan fingerprint density at radius 3 is 2.30 bits per heavy atom. The van der Waals surface area contributed by atoms with Crippen LogP contribution in [0.5, 0.6) is 0 Å². The highest BCUT2D eigenvalue weighted by Crippen LogP contribution is 2.30. The second kappa shape index (κ2) is 8.88. The Balaban J connectivity index is 1.43. The zero-order valence-corrected chi connectivity index (χ0v) is 18.3. The van der Waals surface area contributed by atoms with E-state index in [1.807, 2.05) is 66.9 Å². The lowest BCUT2D eigenvalue weighted by Crippen LogP contribution is -2.11. The fourth-order valence-corrected chi connectivity index (χ4v) is 3.83. The standard InChI is InChI=1S/C23H17Cl2N3OS/c1-14-2-4-16(5-3-14)22(29)26-17-8-6-15(7-9-17)21-13-30-23(28-21)27-18-10-11-19(24)20(25)12-18/h2-13H,1H3,(H,26,29)(H,27,28). The molecular weight excluding hydrogens is 437 g/mol. The molecule has 4 aromatic rings. The van der Waals surface area contributed by atoms with Crippen LogP contribution in [-0.2, 0) is 0 Å². The zero-order valence-electron chi connectivity index (χ0n) is 15.9. The second-order valence-electron chi connectivity index (χ2n) is 6.69. The molecule has 0 aliphatic carbocycles. The Labute approximate surface area is 188 Å². The first-order valence-electron chi connectivity index (χ1n) is 9.14. The first-order valence-corrected chi connectivity index (χ1v) is 10.8. The Morgan fingerprint density at radius 1 is 0.900 bits per heavy atom. The summed E-state index contributed by atoms with van der Waals surface area (Å²) in [6.07, 6.45) is 0. The zero-order chi connectivity index (χ0) is 21.1. The van der Waals surface area contributed by atoms with E-state index in [1.54, 1.807) is 12.1 Å². The molecule has 2 N–H and O–H groups in total. The van der Waals surface area contributed by atoms with Gasteiger partial charge in [-0.05, 0) is 49.4 Å². The van der Waals surface area contributed by atoms with E-state index in [2.05, 4.69) is 15.6 Å². The summed E-state index contributed by atoms with van der Waals surface area (Å²) in [5.41, 5.74) is 5.10. The van der Waals surface area contributed by atoms with E-state index in [9.17, 15) is 4.79 Å². The van der Waals surface area contributed by atoms with Gasteiger partial charge in [0.1, 0.15) is 0 Å². The number of nitrogens with zero attached hydrogens (tertiary/aromatic N) is 1. The Morgan fingerprint density at radius 2 is 1.60 bits per heavy atom. The Bertz CT molecular complexity index is 1190. The van der Waals surface area contributed by atoms with Crippen molar-refractivity contribution in [1.82, 2.24) is 4.98 Å². The minimum absolute atomic E-state index is 0.135. The lowest BCUT2D eigenvalue weighted by Gasteiger charge is -2.06. The summed E-state index contributed by atoms with van der Waals surface area (Å²) in [6.45, 7) is 1.99. The van der Waals surface area contributed by atoms with Crippen molar-refractivity contribution in [3.8, 4) is 11.3 Å². The van der Waals surface area contributed by atoms with Crippen molar-refractivity contribution >= 4 is 57.0 Å². The van der Waals surface area contributed by atoms with Gasteiger partial charge in [0.2, 0.25) is 0 Å². The average molecular weight is 454 g/mol. The number of halogens is 2. The molecule has 0 fully saturated rings. The van der Waals surface area contributed by atoms with E-state index in [4.69, 9.17) is 23.2 Å². The smallest absolute Gasteiger partial charge is 0.255 e. The topological polar surface area (TPSA) is 54.0 Å². The molecule has 150 valence electrons. The molecule has 3 aromatic carbocycles. The summed E-state index contributed by atoms with van der Waals surface area (Å²) < 4.78 is 0. The van der Waals surface area contributed by atoms with Gasteiger partial charge in [0.25, 0.3) is 5.91 Å². The van der Waals surface area contributed by atoms with Crippen LogP contribution in [0, 0.1) is 6.92 Å². The Kier molecular flexibility index (Phi) is 6.04. The number of hydrogen-bond acceptors (Lipinski definition) is 4. The summed E-state index contributed by atoms with van der Waals surface area (Å²) in [5, 5.41) is 9.86. The molecule has 0 saturated heterocycles. The van der Waals surface area contributed by atoms with Crippen molar-refractivity contribution in [3.63, 3.8) is 0 Å². The second-order valence-corrected chi connectivity index (χ2v) is 8.36. The van der Waals surface area contributed by atoms with Crippen molar-refractivity contribution in [2.75, 3.05) is 10.6 Å². The van der Waals surface area contributed by atoms with Crippen molar-refractivity contribution in [2.24, 2.45) is 0 Å². The normalized spacial score (nSPS) is 10.6. The molecule has 1 heterocycles. The number of aromatic nitrogens is 1. The molecular formula is C23H17Cl2N3OS. The van der Waals surface area contributed by atoms with Gasteiger partial charge in [-0.15, -0.1) is 11.3 Å². The number of amides is 1. The predicted molar refractivity (Wildman–Crippen MR) is 126 cm³/mol. The molecule has 1 aromatic heterocycles. The van der Waals surface area contributed by atoms with Crippen LogP contribution in [0.1, 0.15) is 15.9 Å². The molecule has 7 heteroatoms. The third-order valence-electron chi connectivity index (χ3n) is 4.43. The maximum Gasteiger partial charge on any atom is 0.255 e. The van der Waals surface area contributed by atoms with Crippen LogP contribution in [0.3, 0.4) is 0 Å². The summed E-state index contributed by atoms with van der Waals surface area (Å²) >= 11 is 13.5. The van der Waals surface area contributed by atoms with Crippen LogP contribution in [0.25, 0.3) is 11.3 Å². The molecule has 0 radical (unpaired) electrons. The average Bonchev–Trinajstić information content (AvgIpc) is 3.20. The van der Waals surface area contributed by atoms with E-state index in [1.165, 1.54) is 11.3 Å². The van der Waals surface area contributed by atoms with E-state index >= 15 is 0 Å². The van der Waals surface area contributed by atoms with Crippen molar-refractivity contribution in [1.29, 1.82) is 0 Å². The largest absolute Gasteiger partial charge is 0.331 e. The molecule has 30 heavy (non-hydrogen) atoms. The molecule has 4 rings (SSSR count). The number of nitrogens with one attached hydrogen (secondary N) is 2. The third-order valence-corrected chi connectivity index (χ3v) is 5.92. The number of carbonyl (C=O) groups is 1. The summed E-state index contributed by atoms with van der Waals surface area (Å²) in [6, 6.07) is 20.4. The third kappa shape index (κ3) is 4.82. The van der Waals surface area contributed by atoms with Gasteiger partial charge in [-0.3, -0.25) is 4.79 Å². The van der Waals surface area contributed by atoms with Gasteiger partial charge < -0.3 is 10.6 Å². The molecule has 4 nitrogen and oxygen atoms in total. The van der Waals surface area contributed by atoms with E-state index in [0.29, 0.717) is 15.6 Å². The van der Waals surface area contributed by atoms with Crippen molar-refractivity contribution < 1.29 is 4.79 Å². The number of benzene rings is 3. The summed E-state index contributed by atoms with van der Waals surface area (Å²) in [4.78, 5) is 17.0. The van der Waals surface area contributed by atoms with Gasteiger partial charge >= 0.3 is 0 Å². The minimum Gasteiger partial charge on any atom is -0.331 e. The van der Waals surface area contributed by atoms with Crippen molar-refractivity contribution in [2.45, 2.75) is 6.92 Å². The summed E-state index contributed by atoms with van der Waals surface area (Å²) in [7, 11) is 0. The number of carbonyl (C=O) groups excluding carboxylic acids is 1. The summed E-state index contributed by atoms with van der Waals surface area (Å²) in [5.74, 6) is -0.135. The monoisotopic (exact) mass is 453 g/mol. The van der Waals surface area contributed by atoms with Gasteiger partial charge in [-0.1, -0.05) is 53.0 Å². The van der Waals surface area contributed by atoms with Crippen LogP contribution >= 0.6 is 34.5 Å². The van der Waals surface area contributed by atoms with Gasteiger partial charge in [-0.25, -0.2) is 4.98 Å². The minimum atomic E-state index is -0.135. The number of aryl methyl sites for hydroxylation is 1. The highest BCUT2D eigenvalue weighted by Gasteiger charge is 2.08. The van der Waals surface area contributed by atoms with Gasteiger partial charge in [-0.2, -0.15) is 0 Å². The van der Waals surface area contributed by atoms with Gasteiger partial charge in [0.15, 0.2) is 5.13 Å². The van der Waals surface area contributed by atoms with E-state index in [-0.39, 0.29) is 5.91 Å². The fraction of sp³-hybridized carbons (Fsp3) is 0.0435. The lowest BCUT2D eigenvalue weighted by molar-refractivity contribution is 0.102. The molecule has 0 aliphatic rings. The molecule has 0 atom stereocenters. The SMILES string of the molecule is Cc1ccc(C(=O)Nc2ccc(-c3csc(Nc4ccc(Cl)c(Cl)c4)n3)cc2)cc1. The molecule has 0 saturated carbocycles. The first kappa shape index (κ1) is 20.4. The van der Waals surface area contributed by atoms with Crippen molar-refractivity contribution in [3.05, 3.63) is 93.3 Å². The van der Waals surface area contributed by atoms with Crippen LogP contribution in [0.15, 0.2) is 72.1 Å². The van der Waals surface area contributed by atoms with E-state index in [0.717, 1.165) is 33.3 Å². The van der Waals surface area contributed by atoms with Crippen LogP contribution in [-0.4, -0.2) is 10.9 Å². The number of anilines is 3. The van der Waals surface area contributed by atoms with Crippen LogP contribution < -0.4 is 10.6 Å². The lowest BCUT2D eigenvalue weighted by atomic mass is 10.1. The quantitative estimate of drug-likeness (QED) is 0.330. The maximum atomic E-state index is 12.4. The molecule has 0 bridgehead atoms. The highest BCUT2D eigenvalue weighted by molar-refractivity contribution is 7.14. The molecule has 0 aliphatic heterocycles.